The van der Waals surface area contributed by atoms with Gasteiger partial charge in [-0.1, -0.05) is 0 Å². The maximum Gasteiger partial charge on any atom is 0.324 e. The molecular formula is C16H17F2N3O5. The van der Waals surface area contributed by atoms with Crippen LogP contribution in [-0.4, -0.2) is 54.5 Å². The Balaban J connectivity index is 1.77. The van der Waals surface area contributed by atoms with Crippen LogP contribution < -0.4 is 10.6 Å². The monoisotopic (exact) mass is 369 g/mol. The van der Waals surface area contributed by atoms with E-state index in [0.717, 1.165) is 17.0 Å². The molecule has 2 N–H and O–H groups in total. The van der Waals surface area contributed by atoms with Crippen LogP contribution in [0.25, 0.3) is 0 Å². The summed E-state index contributed by atoms with van der Waals surface area (Å²) in [5, 5.41) is 4.75. The van der Waals surface area contributed by atoms with Crippen LogP contribution >= 0.6 is 0 Å². The lowest BCUT2D eigenvalue weighted by Crippen LogP contribution is -2.42. The third kappa shape index (κ3) is 4.74. The molecule has 10 heteroatoms. The fourth-order valence-electron chi connectivity index (χ4n) is 2.25. The maximum absolute atomic E-state index is 13.5. The number of rotatable bonds is 6. The summed E-state index contributed by atoms with van der Waals surface area (Å²) in [4.78, 5) is 47.8. The number of carbonyl (C=O) groups is 4. The van der Waals surface area contributed by atoms with Crippen molar-refractivity contribution in [3.63, 3.8) is 0 Å². The molecular weight excluding hydrogens is 352 g/mol. The Morgan fingerprint density at radius 2 is 2.08 bits per heavy atom. The molecule has 1 aliphatic rings. The van der Waals surface area contributed by atoms with Crippen LogP contribution in [-0.2, 0) is 14.3 Å². The summed E-state index contributed by atoms with van der Waals surface area (Å²) >= 11 is 0. The molecule has 1 saturated heterocycles. The lowest BCUT2D eigenvalue weighted by molar-refractivity contribution is -0.157. The van der Waals surface area contributed by atoms with Crippen LogP contribution in [0.5, 0.6) is 0 Å². The number of urea groups is 1. The SMILES string of the molecule is CC(OC(=O)CCNC(=O)c1ccc(F)cc1F)C(=O)N1CCNC1=O. The molecule has 0 bridgehead atoms. The second-order valence-electron chi connectivity index (χ2n) is 5.48. The minimum absolute atomic E-state index is 0.167. The van der Waals surface area contributed by atoms with Crippen molar-refractivity contribution in [3.05, 3.63) is 35.4 Å². The van der Waals surface area contributed by atoms with Crippen molar-refractivity contribution in [2.24, 2.45) is 0 Å². The number of ether oxygens (including phenoxy) is 1. The molecule has 4 amide bonds. The average molecular weight is 369 g/mol. The van der Waals surface area contributed by atoms with Crippen molar-refractivity contribution in [2.45, 2.75) is 19.4 Å². The number of hydrogen-bond acceptors (Lipinski definition) is 5. The van der Waals surface area contributed by atoms with Crippen LogP contribution in [0.1, 0.15) is 23.7 Å². The quantitative estimate of drug-likeness (QED) is 0.714. The standard InChI is InChI=1S/C16H17F2N3O5/c1-9(15(24)21-7-6-20-16(21)25)26-13(22)4-5-19-14(23)11-3-2-10(17)8-12(11)18/h2-3,8-9H,4-7H2,1H3,(H,19,23)(H,20,25). The molecule has 2 rings (SSSR count). The first-order valence-corrected chi connectivity index (χ1v) is 7.81. The number of benzene rings is 1. The Hall–Kier alpha value is -3.04. The van der Waals surface area contributed by atoms with E-state index in [-0.39, 0.29) is 25.1 Å². The lowest BCUT2D eigenvalue weighted by atomic mass is 10.2. The Labute approximate surface area is 147 Å². The molecule has 0 aliphatic carbocycles. The van der Waals surface area contributed by atoms with Gasteiger partial charge in [0.2, 0.25) is 0 Å². The highest BCUT2D eigenvalue weighted by Crippen LogP contribution is 2.09. The number of hydrogen-bond donors (Lipinski definition) is 2. The molecule has 1 aromatic carbocycles. The van der Waals surface area contributed by atoms with Gasteiger partial charge in [0.05, 0.1) is 12.0 Å². The molecule has 1 unspecified atom stereocenters. The summed E-state index contributed by atoms with van der Waals surface area (Å²) in [6.07, 6.45) is -1.42. The van der Waals surface area contributed by atoms with E-state index in [1.54, 1.807) is 0 Å². The van der Waals surface area contributed by atoms with Crippen LogP contribution in [0.4, 0.5) is 13.6 Å². The highest BCUT2D eigenvalue weighted by Gasteiger charge is 2.31. The molecule has 140 valence electrons. The number of nitrogens with zero attached hydrogens (tertiary/aromatic N) is 1. The summed E-state index contributed by atoms with van der Waals surface area (Å²) in [6, 6.07) is 1.95. The topological polar surface area (TPSA) is 105 Å². The van der Waals surface area contributed by atoms with Crippen LogP contribution in [0.2, 0.25) is 0 Å². The molecule has 1 aromatic rings. The van der Waals surface area contributed by atoms with Gasteiger partial charge in [0, 0.05) is 25.7 Å². The number of esters is 1. The number of halogens is 2. The van der Waals surface area contributed by atoms with E-state index < -0.39 is 41.6 Å². The van der Waals surface area contributed by atoms with Crippen molar-refractivity contribution in [2.75, 3.05) is 19.6 Å². The van der Waals surface area contributed by atoms with Gasteiger partial charge in [-0.05, 0) is 19.1 Å². The Morgan fingerprint density at radius 3 is 2.69 bits per heavy atom. The van der Waals surface area contributed by atoms with Crippen molar-refractivity contribution in [3.8, 4) is 0 Å². The second kappa shape index (κ2) is 8.37. The Bertz CT molecular complexity index is 741. The van der Waals surface area contributed by atoms with Crippen LogP contribution in [0, 0.1) is 11.6 Å². The van der Waals surface area contributed by atoms with E-state index in [2.05, 4.69) is 10.6 Å². The third-order valence-electron chi connectivity index (χ3n) is 3.57. The summed E-state index contributed by atoms with van der Waals surface area (Å²) in [6.45, 7) is 1.69. The highest BCUT2D eigenvalue weighted by atomic mass is 19.1. The first kappa shape index (κ1) is 19.3. The van der Waals surface area contributed by atoms with E-state index in [1.807, 2.05) is 0 Å². The number of amides is 4. The molecule has 1 aliphatic heterocycles. The van der Waals surface area contributed by atoms with Crippen molar-refractivity contribution in [1.82, 2.24) is 15.5 Å². The fourth-order valence-corrected chi connectivity index (χ4v) is 2.25. The van der Waals surface area contributed by atoms with E-state index in [4.69, 9.17) is 4.74 Å². The van der Waals surface area contributed by atoms with Crippen molar-refractivity contribution in [1.29, 1.82) is 0 Å². The zero-order chi connectivity index (χ0) is 19.3. The molecule has 0 aromatic heterocycles. The molecule has 26 heavy (non-hydrogen) atoms. The van der Waals surface area contributed by atoms with Crippen molar-refractivity contribution < 1.29 is 32.7 Å². The van der Waals surface area contributed by atoms with Gasteiger partial charge in [0.1, 0.15) is 11.6 Å². The Kier molecular flexibility index (Phi) is 6.21. The molecule has 0 spiro atoms. The zero-order valence-corrected chi connectivity index (χ0v) is 13.9. The summed E-state index contributed by atoms with van der Waals surface area (Å²) < 4.78 is 31.2. The van der Waals surface area contributed by atoms with Gasteiger partial charge in [-0.2, -0.15) is 0 Å². The molecule has 1 heterocycles. The largest absolute Gasteiger partial charge is 0.452 e. The van der Waals surface area contributed by atoms with Crippen LogP contribution in [0.3, 0.4) is 0 Å². The first-order valence-electron chi connectivity index (χ1n) is 7.81. The smallest absolute Gasteiger partial charge is 0.324 e. The van der Waals surface area contributed by atoms with Gasteiger partial charge in [0.25, 0.3) is 11.8 Å². The van der Waals surface area contributed by atoms with Gasteiger partial charge >= 0.3 is 12.0 Å². The summed E-state index contributed by atoms with van der Waals surface area (Å²) in [5.41, 5.74) is -0.358. The number of carbonyl (C=O) groups excluding carboxylic acids is 4. The molecule has 1 atom stereocenters. The maximum atomic E-state index is 13.5. The normalized spacial score (nSPS) is 14.6. The third-order valence-corrected chi connectivity index (χ3v) is 3.57. The predicted molar refractivity (Wildman–Crippen MR) is 84.0 cm³/mol. The van der Waals surface area contributed by atoms with E-state index in [0.29, 0.717) is 12.6 Å². The molecule has 0 radical (unpaired) electrons. The van der Waals surface area contributed by atoms with E-state index in [9.17, 15) is 28.0 Å². The van der Waals surface area contributed by atoms with Gasteiger partial charge in [-0.3, -0.25) is 19.3 Å². The van der Waals surface area contributed by atoms with Gasteiger partial charge < -0.3 is 15.4 Å². The minimum atomic E-state index is -1.16. The van der Waals surface area contributed by atoms with Gasteiger partial charge in [0.15, 0.2) is 6.10 Å². The van der Waals surface area contributed by atoms with Gasteiger partial charge in [-0.25, -0.2) is 13.6 Å². The fraction of sp³-hybridized carbons (Fsp3) is 0.375. The molecule has 1 fully saturated rings. The lowest BCUT2D eigenvalue weighted by Gasteiger charge is -2.18. The molecule has 8 nitrogen and oxygen atoms in total. The van der Waals surface area contributed by atoms with Crippen molar-refractivity contribution >= 4 is 23.8 Å². The molecule has 0 saturated carbocycles. The average Bonchev–Trinajstić information content (AvgIpc) is 2.99. The number of nitrogens with one attached hydrogen (secondary N) is 2. The second-order valence-corrected chi connectivity index (χ2v) is 5.48. The highest BCUT2D eigenvalue weighted by molar-refractivity contribution is 5.98. The first-order chi connectivity index (χ1) is 12.3. The van der Waals surface area contributed by atoms with E-state index in [1.165, 1.54) is 6.92 Å². The summed E-state index contributed by atoms with van der Waals surface area (Å²) in [5.74, 6) is -4.06. The van der Waals surface area contributed by atoms with Crippen LogP contribution in [0.15, 0.2) is 18.2 Å². The Morgan fingerprint density at radius 1 is 1.35 bits per heavy atom. The number of imide groups is 1. The summed E-state index contributed by atoms with van der Waals surface area (Å²) in [7, 11) is 0. The zero-order valence-electron chi connectivity index (χ0n) is 13.9. The predicted octanol–water partition coefficient (Wildman–Crippen LogP) is 0.568. The minimum Gasteiger partial charge on any atom is -0.452 e. The van der Waals surface area contributed by atoms with E-state index >= 15 is 0 Å². The van der Waals surface area contributed by atoms with Gasteiger partial charge in [-0.15, -0.1) is 0 Å².